The molecule has 1 aliphatic heterocycles. The van der Waals surface area contributed by atoms with E-state index >= 15 is 0 Å². The van der Waals surface area contributed by atoms with Gasteiger partial charge in [0.1, 0.15) is 5.75 Å². The first kappa shape index (κ1) is 17.8. The van der Waals surface area contributed by atoms with E-state index < -0.39 is 0 Å². The van der Waals surface area contributed by atoms with Gasteiger partial charge in [-0.15, -0.1) is 0 Å². The SMILES string of the molecule is COc1cccc(CCN2CCN(C(=O)CC(C)(C)C)CC2)c1. The van der Waals surface area contributed by atoms with Crippen molar-refractivity contribution >= 4 is 5.91 Å². The summed E-state index contributed by atoms with van der Waals surface area (Å²) in [5, 5.41) is 0. The Hall–Kier alpha value is -1.55. The summed E-state index contributed by atoms with van der Waals surface area (Å²) >= 11 is 0. The standard InChI is InChI=1S/C19H30N2O2/c1-19(2,3)15-18(22)21-12-10-20(11-13-21)9-8-16-6-5-7-17(14-16)23-4/h5-7,14H,8-13,15H2,1-4H3. The van der Waals surface area contributed by atoms with E-state index in [9.17, 15) is 4.79 Å². The van der Waals surface area contributed by atoms with E-state index in [1.54, 1.807) is 7.11 Å². The fourth-order valence-electron chi connectivity index (χ4n) is 2.90. The summed E-state index contributed by atoms with van der Waals surface area (Å²) in [6.07, 6.45) is 1.66. The van der Waals surface area contributed by atoms with E-state index in [0.29, 0.717) is 12.3 Å². The summed E-state index contributed by atoms with van der Waals surface area (Å²) in [7, 11) is 1.70. The van der Waals surface area contributed by atoms with Gasteiger partial charge in [-0.05, 0) is 29.5 Å². The number of carbonyl (C=O) groups is 1. The molecule has 23 heavy (non-hydrogen) atoms. The van der Waals surface area contributed by atoms with Crippen LogP contribution in [0.15, 0.2) is 24.3 Å². The van der Waals surface area contributed by atoms with Crippen LogP contribution in [0.5, 0.6) is 5.75 Å². The topological polar surface area (TPSA) is 32.8 Å². The summed E-state index contributed by atoms with van der Waals surface area (Å²) in [4.78, 5) is 16.7. The molecule has 128 valence electrons. The molecule has 1 heterocycles. The third kappa shape index (κ3) is 5.87. The van der Waals surface area contributed by atoms with Crippen LogP contribution in [0.25, 0.3) is 0 Å². The monoisotopic (exact) mass is 318 g/mol. The number of amides is 1. The Morgan fingerprint density at radius 2 is 1.87 bits per heavy atom. The Morgan fingerprint density at radius 3 is 2.48 bits per heavy atom. The van der Waals surface area contributed by atoms with Crippen LogP contribution in [0.4, 0.5) is 0 Å². The molecule has 0 N–H and O–H groups in total. The highest BCUT2D eigenvalue weighted by Gasteiger charge is 2.24. The van der Waals surface area contributed by atoms with Gasteiger partial charge in [-0.25, -0.2) is 0 Å². The Morgan fingerprint density at radius 1 is 1.17 bits per heavy atom. The Labute approximate surface area is 140 Å². The molecule has 0 unspecified atom stereocenters. The first-order valence-electron chi connectivity index (χ1n) is 8.50. The largest absolute Gasteiger partial charge is 0.497 e. The predicted octanol–water partition coefficient (Wildman–Crippen LogP) is 2.82. The summed E-state index contributed by atoms with van der Waals surface area (Å²) in [6, 6.07) is 8.26. The Balaban J connectivity index is 1.75. The van der Waals surface area contributed by atoms with Crippen molar-refractivity contribution in [2.45, 2.75) is 33.6 Å². The molecule has 0 bridgehead atoms. The Kier molecular flexibility index (Phi) is 6.05. The molecule has 1 fully saturated rings. The molecule has 2 rings (SSSR count). The van der Waals surface area contributed by atoms with Crippen molar-refractivity contribution in [3.63, 3.8) is 0 Å². The zero-order valence-electron chi connectivity index (χ0n) is 15.0. The second kappa shape index (κ2) is 7.82. The van der Waals surface area contributed by atoms with Crippen molar-refractivity contribution in [1.82, 2.24) is 9.80 Å². The molecule has 4 nitrogen and oxygen atoms in total. The van der Waals surface area contributed by atoms with E-state index in [1.165, 1.54) is 5.56 Å². The molecule has 0 aromatic heterocycles. The van der Waals surface area contributed by atoms with E-state index in [1.807, 2.05) is 17.0 Å². The van der Waals surface area contributed by atoms with Crippen LogP contribution < -0.4 is 4.74 Å². The number of hydrogen-bond donors (Lipinski definition) is 0. The first-order chi connectivity index (χ1) is 10.9. The van der Waals surface area contributed by atoms with Crippen LogP contribution in [-0.4, -0.2) is 55.5 Å². The summed E-state index contributed by atoms with van der Waals surface area (Å²) in [6.45, 7) is 11.0. The zero-order valence-corrected chi connectivity index (χ0v) is 15.0. The second-order valence-corrected chi connectivity index (χ2v) is 7.56. The highest BCUT2D eigenvalue weighted by Crippen LogP contribution is 2.20. The molecular formula is C19H30N2O2. The van der Waals surface area contributed by atoms with Crippen LogP contribution in [0.2, 0.25) is 0 Å². The van der Waals surface area contributed by atoms with Crippen LogP contribution in [0.3, 0.4) is 0 Å². The molecule has 0 saturated carbocycles. The van der Waals surface area contributed by atoms with Gasteiger partial charge in [-0.1, -0.05) is 32.9 Å². The van der Waals surface area contributed by atoms with E-state index in [0.717, 1.165) is 44.9 Å². The predicted molar refractivity (Wildman–Crippen MR) is 93.8 cm³/mol. The number of nitrogens with zero attached hydrogens (tertiary/aromatic N) is 2. The van der Waals surface area contributed by atoms with E-state index in [-0.39, 0.29) is 5.41 Å². The van der Waals surface area contributed by atoms with Crippen LogP contribution in [0, 0.1) is 5.41 Å². The molecule has 0 radical (unpaired) electrons. The van der Waals surface area contributed by atoms with Gasteiger partial charge in [-0.3, -0.25) is 9.69 Å². The van der Waals surface area contributed by atoms with Gasteiger partial charge in [0.25, 0.3) is 0 Å². The molecule has 0 spiro atoms. The van der Waals surface area contributed by atoms with E-state index in [2.05, 4.69) is 37.8 Å². The lowest BCUT2D eigenvalue weighted by atomic mass is 9.91. The molecule has 1 amide bonds. The van der Waals surface area contributed by atoms with Crippen LogP contribution in [0.1, 0.15) is 32.8 Å². The molecule has 1 aromatic carbocycles. The minimum Gasteiger partial charge on any atom is -0.497 e. The fraction of sp³-hybridized carbons (Fsp3) is 0.632. The fourth-order valence-corrected chi connectivity index (χ4v) is 2.90. The lowest BCUT2D eigenvalue weighted by Crippen LogP contribution is -2.49. The molecular weight excluding hydrogens is 288 g/mol. The Bertz CT molecular complexity index is 514. The molecule has 0 atom stereocenters. The van der Waals surface area contributed by atoms with Crippen LogP contribution >= 0.6 is 0 Å². The van der Waals surface area contributed by atoms with Gasteiger partial charge >= 0.3 is 0 Å². The van der Waals surface area contributed by atoms with Crippen molar-refractivity contribution < 1.29 is 9.53 Å². The smallest absolute Gasteiger partial charge is 0.223 e. The lowest BCUT2D eigenvalue weighted by Gasteiger charge is -2.36. The van der Waals surface area contributed by atoms with Gasteiger partial charge in [0.2, 0.25) is 5.91 Å². The number of benzene rings is 1. The summed E-state index contributed by atoms with van der Waals surface area (Å²) in [5.41, 5.74) is 1.37. The minimum atomic E-state index is 0.0700. The van der Waals surface area contributed by atoms with Crippen molar-refractivity contribution in [2.75, 3.05) is 39.8 Å². The lowest BCUT2D eigenvalue weighted by molar-refractivity contribution is -0.134. The van der Waals surface area contributed by atoms with Gasteiger partial charge < -0.3 is 9.64 Å². The highest BCUT2D eigenvalue weighted by atomic mass is 16.5. The normalized spacial score (nSPS) is 16.4. The number of ether oxygens (including phenoxy) is 1. The third-order valence-corrected chi connectivity index (χ3v) is 4.26. The maximum absolute atomic E-state index is 12.3. The molecule has 0 aliphatic carbocycles. The second-order valence-electron chi connectivity index (χ2n) is 7.56. The zero-order chi connectivity index (χ0) is 16.9. The third-order valence-electron chi connectivity index (χ3n) is 4.26. The molecule has 1 saturated heterocycles. The van der Waals surface area contributed by atoms with Gasteiger partial charge in [-0.2, -0.15) is 0 Å². The molecule has 1 aliphatic rings. The highest BCUT2D eigenvalue weighted by molar-refractivity contribution is 5.76. The molecule has 4 heteroatoms. The average molecular weight is 318 g/mol. The average Bonchev–Trinajstić information content (AvgIpc) is 2.52. The first-order valence-corrected chi connectivity index (χ1v) is 8.50. The number of methoxy groups -OCH3 is 1. The number of hydrogen-bond acceptors (Lipinski definition) is 3. The van der Waals surface area contributed by atoms with E-state index in [4.69, 9.17) is 4.74 Å². The number of rotatable bonds is 5. The van der Waals surface area contributed by atoms with Gasteiger partial charge in [0, 0.05) is 39.1 Å². The molecule has 1 aromatic rings. The number of carbonyl (C=O) groups excluding carboxylic acids is 1. The van der Waals surface area contributed by atoms with Crippen molar-refractivity contribution in [3.05, 3.63) is 29.8 Å². The number of piperazine rings is 1. The van der Waals surface area contributed by atoms with Crippen LogP contribution in [-0.2, 0) is 11.2 Å². The minimum absolute atomic E-state index is 0.0700. The summed E-state index contributed by atoms with van der Waals surface area (Å²) in [5.74, 6) is 1.21. The van der Waals surface area contributed by atoms with Crippen molar-refractivity contribution in [2.24, 2.45) is 5.41 Å². The van der Waals surface area contributed by atoms with Gasteiger partial charge in [0.15, 0.2) is 0 Å². The maximum Gasteiger partial charge on any atom is 0.223 e. The van der Waals surface area contributed by atoms with Crippen molar-refractivity contribution in [3.8, 4) is 5.75 Å². The van der Waals surface area contributed by atoms with Gasteiger partial charge in [0.05, 0.1) is 7.11 Å². The summed E-state index contributed by atoms with van der Waals surface area (Å²) < 4.78 is 5.27. The maximum atomic E-state index is 12.3. The quantitative estimate of drug-likeness (QED) is 0.837. The van der Waals surface area contributed by atoms with Crippen molar-refractivity contribution in [1.29, 1.82) is 0 Å².